The van der Waals surface area contributed by atoms with E-state index in [-0.39, 0.29) is 34.7 Å². The highest BCUT2D eigenvalue weighted by molar-refractivity contribution is 7.89. The van der Waals surface area contributed by atoms with Gasteiger partial charge in [0.05, 0.1) is 11.6 Å². The number of nitrogens with zero attached hydrogens (tertiary/aromatic N) is 4. The molecular formula is C20H25Cl2N5O5S. The highest BCUT2D eigenvalue weighted by Gasteiger charge is 2.33. The molecule has 1 aromatic heterocycles. The van der Waals surface area contributed by atoms with Crippen LogP contribution in [0, 0.1) is 23.0 Å². The number of nitro groups is 1. The van der Waals surface area contributed by atoms with Gasteiger partial charge < -0.3 is 15.0 Å². The van der Waals surface area contributed by atoms with Gasteiger partial charge in [-0.05, 0) is 48.3 Å². The lowest BCUT2D eigenvalue weighted by molar-refractivity contribution is -0.396. The fourth-order valence-corrected chi connectivity index (χ4v) is 6.28. The van der Waals surface area contributed by atoms with Crippen LogP contribution in [0.3, 0.4) is 0 Å². The first kappa shape index (κ1) is 25.4. The maximum Gasteiger partial charge on any atom is 0.434 e. The largest absolute Gasteiger partial charge is 0.434 e. The molecule has 1 fully saturated rings. The monoisotopic (exact) mass is 517 g/mol. The Labute approximate surface area is 202 Å². The molecule has 180 valence electrons. The van der Waals surface area contributed by atoms with Gasteiger partial charge in [0.1, 0.15) is 23.3 Å². The predicted molar refractivity (Wildman–Crippen MR) is 124 cm³/mol. The van der Waals surface area contributed by atoms with Crippen LogP contribution < -0.4 is 4.72 Å². The molecule has 0 spiro atoms. The number of rotatable bonds is 8. The van der Waals surface area contributed by atoms with Crippen molar-refractivity contribution in [3.8, 4) is 0 Å². The molecule has 1 saturated heterocycles. The molecule has 1 aliphatic heterocycles. The second-order valence-electron chi connectivity index (χ2n) is 8.18. The van der Waals surface area contributed by atoms with E-state index in [1.807, 2.05) is 0 Å². The summed E-state index contributed by atoms with van der Waals surface area (Å²) < 4.78 is 30.2. The molecule has 0 saturated carbocycles. The molecule has 1 unspecified atom stereocenters. The summed E-state index contributed by atoms with van der Waals surface area (Å²) in [5, 5.41) is 11.4. The molecule has 0 aliphatic carbocycles. The first-order valence-electron chi connectivity index (χ1n) is 10.4. The van der Waals surface area contributed by atoms with Crippen molar-refractivity contribution in [1.29, 1.82) is 0 Å². The van der Waals surface area contributed by atoms with Gasteiger partial charge in [-0.1, -0.05) is 35.1 Å². The van der Waals surface area contributed by atoms with Crippen molar-refractivity contribution in [1.82, 2.24) is 19.2 Å². The third kappa shape index (κ3) is 6.03. The number of hydrogen-bond acceptors (Lipinski definition) is 6. The maximum absolute atomic E-state index is 13.3. The third-order valence-electron chi connectivity index (χ3n) is 5.67. The third-order valence-corrected chi connectivity index (χ3v) is 7.97. The van der Waals surface area contributed by atoms with Crippen LogP contribution in [0.5, 0.6) is 0 Å². The minimum atomic E-state index is -4.20. The van der Waals surface area contributed by atoms with Gasteiger partial charge in [0.25, 0.3) is 0 Å². The van der Waals surface area contributed by atoms with Crippen LogP contribution in [0.4, 0.5) is 5.95 Å². The highest BCUT2D eigenvalue weighted by Crippen LogP contribution is 2.29. The number of aryl methyl sites for hydroxylation is 2. The van der Waals surface area contributed by atoms with Crippen molar-refractivity contribution in [2.45, 2.75) is 50.6 Å². The Morgan fingerprint density at radius 2 is 2.00 bits per heavy atom. The topological polar surface area (TPSA) is 127 Å². The number of nitrogens with one attached hydrogen (secondary N) is 1. The number of benzene rings is 1. The van der Waals surface area contributed by atoms with Crippen molar-refractivity contribution < 1.29 is 18.1 Å². The Kier molecular flexibility index (Phi) is 7.99. The minimum Gasteiger partial charge on any atom is -0.390 e. The van der Waals surface area contributed by atoms with E-state index in [4.69, 9.17) is 23.2 Å². The van der Waals surface area contributed by atoms with Crippen LogP contribution in [0.25, 0.3) is 0 Å². The van der Waals surface area contributed by atoms with Gasteiger partial charge in [-0.15, -0.1) is 0 Å². The fraction of sp³-hybridized carbons (Fsp3) is 0.500. The van der Waals surface area contributed by atoms with E-state index >= 15 is 0 Å². The number of carbonyl (C=O) groups is 1. The van der Waals surface area contributed by atoms with Gasteiger partial charge in [-0.2, -0.15) is 4.72 Å². The average molecular weight is 518 g/mol. The molecule has 1 aromatic carbocycles. The Morgan fingerprint density at radius 3 is 2.61 bits per heavy atom. The van der Waals surface area contributed by atoms with Crippen molar-refractivity contribution in [3.05, 3.63) is 50.2 Å². The average Bonchev–Trinajstić information content (AvgIpc) is 3.19. The van der Waals surface area contributed by atoms with Crippen molar-refractivity contribution in [3.63, 3.8) is 0 Å². The number of aromatic nitrogens is 2. The SMILES string of the molecule is Cc1cc(Cl)cc(Cl)c1S(=O)(=O)NC(CCn1ccnc1[N+](=O)[O-])C(=O)N1CCC(C)CC1. The molecule has 33 heavy (non-hydrogen) atoms. The number of imidazole rings is 1. The number of amides is 1. The molecule has 13 heteroatoms. The second kappa shape index (κ2) is 10.4. The number of piperidine rings is 1. The van der Waals surface area contributed by atoms with Crippen LogP contribution in [-0.2, 0) is 21.4 Å². The molecule has 1 aliphatic rings. The van der Waals surface area contributed by atoms with Gasteiger partial charge in [-0.25, -0.2) is 13.0 Å². The highest BCUT2D eigenvalue weighted by atomic mass is 35.5. The summed E-state index contributed by atoms with van der Waals surface area (Å²) in [5.74, 6) is -0.281. The smallest absolute Gasteiger partial charge is 0.390 e. The quantitative estimate of drug-likeness (QED) is 0.422. The number of halogens is 2. The maximum atomic E-state index is 13.3. The zero-order valence-electron chi connectivity index (χ0n) is 18.2. The summed E-state index contributed by atoms with van der Waals surface area (Å²) in [7, 11) is -4.20. The summed E-state index contributed by atoms with van der Waals surface area (Å²) in [5.41, 5.74) is 0.336. The zero-order chi connectivity index (χ0) is 24.3. The fourth-order valence-electron chi connectivity index (χ4n) is 3.87. The van der Waals surface area contributed by atoms with E-state index in [1.54, 1.807) is 11.8 Å². The Morgan fingerprint density at radius 1 is 1.33 bits per heavy atom. The van der Waals surface area contributed by atoms with Crippen LogP contribution in [0.1, 0.15) is 31.7 Å². The zero-order valence-corrected chi connectivity index (χ0v) is 20.5. The van der Waals surface area contributed by atoms with Crippen LogP contribution >= 0.6 is 23.2 Å². The summed E-state index contributed by atoms with van der Waals surface area (Å²) in [6.07, 6.45) is 4.32. The molecule has 0 bridgehead atoms. The molecule has 1 amide bonds. The lowest BCUT2D eigenvalue weighted by Crippen LogP contribution is -2.51. The van der Waals surface area contributed by atoms with E-state index in [1.165, 1.54) is 29.1 Å². The van der Waals surface area contributed by atoms with E-state index in [0.29, 0.717) is 29.6 Å². The minimum absolute atomic E-state index is 0.00836. The standard InChI is InChI=1S/C20H25Cl2N5O5S/c1-13-3-7-25(8-4-13)19(28)17(5-9-26-10-6-23-20(26)27(29)30)24-33(31,32)18-14(2)11-15(21)12-16(18)22/h6,10-13,17,24H,3-5,7-9H2,1-2H3. The van der Waals surface area contributed by atoms with Crippen LogP contribution in [0.2, 0.25) is 10.0 Å². The molecule has 3 rings (SSSR count). The molecule has 0 radical (unpaired) electrons. The normalized spacial score (nSPS) is 16.1. The van der Waals surface area contributed by atoms with E-state index in [0.717, 1.165) is 12.8 Å². The number of likely N-dealkylation sites (tertiary alicyclic amines) is 1. The van der Waals surface area contributed by atoms with E-state index in [2.05, 4.69) is 16.6 Å². The summed E-state index contributed by atoms with van der Waals surface area (Å²) >= 11 is 12.1. The lowest BCUT2D eigenvalue weighted by Gasteiger charge is -2.33. The van der Waals surface area contributed by atoms with Gasteiger partial charge in [0, 0.05) is 24.5 Å². The number of carbonyl (C=O) groups excluding carboxylic acids is 1. The number of sulfonamides is 1. The Bertz CT molecular complexity index is 1120. The van der Waals surface area contributed by atoms with E-state index < -0.39 is 21.0 Å². The Balaban J connectivity index is 1.88. The molecule has 1 atom stereocenters. The van der Waals surface area contributed by atoms with Gasteiger partial charge in [0.15, 0.2) is 0 Å². The lowest BCUT2D eigenvalue weighted by atomic mass is 9.98. The van der Waals surface area contributed by atoms with Gasteiger partial charge in [-0.3, -0.25) is 4.79 Å². The van der Waals surface area contributed by atoms with Crippen molar-refractivity contribution in [2.24, 2.45) is 5.92 Å². The van der Waals surface area contributed by atoms with E-state index in [9.17, 15) is 23.3 Å². The summed E-state index contributed by atoms with van der Waals surface area (Å²) in [6.45, 7) is 4.72. The molecule has 2 aromatic rings. The predicted octanol–water partition coefficient (Wildman–Crippen LogP) is 3.40. The molecular weight excluding hydrogens is 493 g/mol. The van der Waals surface area contributed by atoms with Crippen LogP contribution in [0.15, 0.2) is 29.4 Å². The Hall–Kier alpha value is -2.21. The summed E-state index contributed by atoms with van der Waals surface area (Å²) in [6, 6.07) is 1.65. The number of hydrogen-bond donors (Lipinski definition) is 1. The molecule has 2 heterocycles. The second-order valence-corrected chi connectivity index (χ2v) is 10.7. The first-order chi connectivity index (χ1) is 15.5. The summed E-state index contributed by atoms with van der Waals surface area (Å²) in [4.78, 5) is 29.0. The molecule has 10 nitrogen and oxygen atoms in total. The van der Waals surface area contributed by atoms with Gasteiger partial charge in [0.2, 0.25) is 15.9 Å². The van der Waals surface area contributed by atoms with Crippen molar-refractivity contribution >= 4 is 45.1 Å². The van der Waals surface area contributed by atoms with Gasteiger partial charge >= 0.3 is 5.95 Å². The molecule has 1 N–H and O–H groups in total. The first-order valence-corrected chi connectivity index (χ1v) is 12.7. The van der Waals surface area contributed by atoms with Crippen molar-refractivity contribution in [2.75, 3.05) is 13.1 Å². The van der Waals surface area contributed by atoms with Crippen LogP contribution in [-0.4, -0.2) is 52.8 Å².